The lowest BCUT2D eigenvalue weighted by Crippen LogP contribution is -2.11. The van der Waals surface area contributed by atoms with Crippen LogP contribution in [0.2, 0.25) is 0 Å². The molecule has 0 bridgehead atoms. The van der Waals surface area contributed by atoms with Crippen molar-refractivity contribution in [1.82, 2.24) is 0 Å². The minimum Gasteiger partial charge on any atom is -0.507 e. The molecule has 0 aliphatic heterocycles. The molecule has 0 radical (unpaired) electrons. The van der Waals surface area contributed by atoms with Gasteiger partial charge in [0.25, 0.3) is 5.91 Å². The number of carbonyl (C=O) groups is 1. The molecule has 0 unspecified atom stereocenters. The highest BCUT2D eigenvalue weighted by atomic mass is 127. The van der Waals surface area contributed by atoms with Gasteiger partial charge in [-0.15, -0.1) is 0 Å². The van der Waals surface area contributed by atoms with Gasteiger partial charge in [-0.05, 0) is 74.9 Å². The summed E-state index contributed by atoms with van der Waals surface area (Å²) in [6.45, 7) is 0. The van der Waals surface area contributed by atoms with Crippen LogP contribution in [-0.2, 0) is 0 Å². The van der Waals surface area contributed by atoms with Crippen LogP contribution in [0, 0.1) is 3.57 Å². The zero-order valence-electron chi connectivity index (χ0n) is 10.5. The van der Waals surface area contributed by atoms with Crippen LogP contribution in [0.1, 0.15) is 10.4 Å². The molecule has 1 amide bonds. The van der Waals surface area contributed by atoms with Crippen LogP contribution in [0.15, 0.2) is 40.9 Å². The summed E-state index contributed by atoms with van der Waals surface area (Å²) in [6, 6.07) is 10.0. The lowest BCUT2D eigenvalue weighted by Gasteiger charge is -2.08. The second-order valence-electron chi connectivity index (χ2n) is 3.97. The molecule has 0 aliphatic carbocycles. The number of halogens is 2. The van der Waals surface area contributed by atoms with Gasteiger partial charge in [0.05, 0.1) is 15.2 Å². The van der Waals surface area contributed by atoms with Crippen LogP contribution in [0.3, 0.4) is 0 Å². The second kappa shape index (κ2) is 6.45. The van der Waals surface area contributed by atoms with Crippen LogP contribution in [0.4, 0.5) is 5.69 Å². The molecule has 0 aromatic heterocycles. The van der Waals surface area contributed by atoms with Gasteiger partial charge in [0, 0.05) is 11.3 Å². The van der Waals surface area contributed by atoms with E-state index in [0.717, 1.165) is 4.47 Å². The van der Waals surface area contributed by atoms with E-state index in [9.17, 15) is 9.90 Å². The third-order valence-corrected chi connectivity index (χ3v) is 4.15. The number of hydrogen-bond donors (Lipinski definition) is 2. The zero-order valence-corrected chi connectivity index (χ0v) is 14.2. The average molecular weight is 448 g/mol. The third-order valence-electron chi connectivity index (χ3n) is 2.62. The standard InChI is InChI=1S/C14H11BrINO3/c1-20-13-5-3-9(7-10(13)15)17-14(19)8-2-4-11(16)12(18)6-8/h2-7,18H,1H3,(H,17,19). The average Bonchev–Trinajstić information content (AvgIpc) is 2.42. The maximum Gasteiger partial charge on any atom is 0.255 e. The lowest BCUT2D eigenvalue weighted by molar-refractivity contribution is 0.102. The zero-order chi connectivity index (χ0) is 14.7. The Balaban J connectivity index is 2.19. The van der Waals surface area contributed by atoms with E-state index in [0.29, 0.717) is 20.6 Å². The smallest absolute Gasteiger partial charge is 0.255 e. The number of anilines is 1. The SMILES string of the molecule is COc1ccc(NC(=O)c2ccc(I)c(O)c2)cc1Br. The Bertz CT molecular complexity index is 661. The summed E-state index contributed by atoms with van der Waals surface area (Å²) in [7, 11) is 1.58. The van der Waals surface area contributed by atoms with Crippen LogP contribution in [0.5, 0.6) is 11.5 Å². The van der Waals surface area contributed by atoms with E-state index in [2.05, 4.69) is 21.2 Å². The molecular formula is C14H11BrINO3. The highest BCUT2D eigenvalue weighted by Gasteiger charge is 2.09. The predicted molar refractivity (Wildman–Crippen MR) is 89.5 cm³/mol. The first kappa shape index (κ1) is 15.1. The van der Waals surface area contributed by atoms with E-state index in [4.69, 9.17) is 4.74 Å². The first-order valence-electron chi connectivity index (χ1n) is 5.64. The van der Waals surface area contributed by atoms with E-state index in [1.165, 1.54) is 6.07 Å². The number of hydrogen-bond acceptors (Lipinski definition) is 3. The minimum atomic E-state index is -0.284. The number of nitrogens with one attached hydrogen (secondary N) is 1. The summed E-state index contributed by atoms with van der Waals surface area (Å²) >= 11 is 5.36. The normalized spacial score (nSPS) is 10.2. The molecule has 0 atom stereocenters. The van der Waals surface area contributed by atoms with E-state index >= 15 is 0 Å². The fourth-order valence-corrected chi connectivity index (χ4v) is 2.48. The summed E-state index contributed by atoms with van der Waals surface area (Å²) in [5.74, 6) is 0.498. The quantitative estimate of drug-likeness (QED) is 0.698. The monoisotopic (exact) mass is 447 g/mol. The number of methoxy groups -OCH3 is 1. The number of phenolic OH excluding ortho intramolecular Hbond substituents is 1. The van der Waals surface area contributed by atoms with Gasteiger partial charge in [-0.3, -0.25) is 4.79 Å². The molecule has 0 heterocycles. The van der Waals surface area contributed by atoms with Gasteiger partial charge >= 0.3 is 0 Å². The largest absolute Gasteiger partial charge is 0.507 e. The van der Waals surface area contributed by atoms with Gasteiger partial charge in [0.2, 0.25) is 0 Å². The first-order chi connectivity index (χ1) is 9.51. The van der Waals surface area contributed by atoms with E-state index in [1.54, 1.807) is 37.4 Å². The molecule has 0 saturated heterocycles. The summed E-state index contributed by atoms with van der Waals surface area (Å²) < 4.78 is 6.58. The maximum atomic E-state index is 12.1. The fourth-order valence-electron chi connectivity index (χ4n) is 1.60. The van der Waals surface area contributed by atoms with Crippen molar-refractivity contribution >= 4 is 50.1 Å². The number of ether oxygens (including phenoxy) is 1. The van der Waals surface area contributed by atoms with Crippen molar-refractivity contribution in [2.45, 2.75) is 0 Å². The van der Waals surface area contributed by atoms with Crippen molar-refractivity contribution in [3.63, 3.8) is 0 Å². The lowest BCUT2D eigenvalue weighted by atomic mass is 10.2. The molecular weight excluding hydrogens is 437 g/mol. The van der Waals surface area contributed by atoms with E-state index < -0.39 is 0 Å². The van der Waals surface area contributed by atoms with Gasteiger partial charge in [0.1, 0.15) is 11.5 Å². The molecule has 0 saturated carbocycles. The molecule has 0 spiro atoms. The van der Waals surface area contributed by atoms with Crippen LogP contribution in [0.25, 0.3) is 0 Å². The van der Waals surface area contributed by atoms with Gasteiger partial charge in [-0.1, -0.05) is 0 Å². The van der Waals surface area contributed by atoms with Crippen molar-refractivity contribution in [3.8, 4) is 11.5 Å². The van der Waals surface area contributed by atoms with E-state index in [-0.39, 0.29) is 11.7 Å². The van der Waals surface area contributed by atoms with Gasteiger partial charge in [-0.2, -0.15) is 0 Å². The highest BCUT2D eigenvalue weighted by Crippen LogP contribution is 2.28. The van der Waals surface area contributed by atoms with Crippen LogP contribution < -0.4 is 10.1 Å². The number of rotatable bonds is 3. The topological polar surface area (TPSA) is 58.6 Å². The maximum absolute atomic E-state index is 12.1. The third kappa shape index (κ3) is 3.43. The van der Waals surface area contributed by atoms with Crippen molar-refractivity contribution in [2.75, 3.05) is 12.4 Å². The molecule has 0 aliphatic rings. The van der Waals surface area contributed by atoms with Crippen molar-refractivity contribution in [2.24, 2.45) is 0 Å². The minimum absolute atomic E-state index is 0.0918. The fraction of sp³-hybridized carbons (Fsp3) is 0.0714. The van der Waals surface area contributed by atoms with Crippen LogP contribution >= 0.6 is 38.5 Å². The summed E-state index contributed by atoms with van der Waals surface area (Å²) in [4.78, 5) is 12.1. The number of amides is 1. The Hall–Kier alpha value is -1.28. The highest BCUT2D eigenvalue weighted by molar-refractivity contribution is 14.1. The van der Waals surface area contributed by atoms with Crippen molar-refractivity contribution in [3.05, 3.63) is 50.0 Å². The molecule has 104 valence electrons. The van der Waals surface area contributed by atoms with Gasteiger partial charge in [-0.25, -0.2) is 0 Å². The Labute approximate surface area is 138 Å². The molecule has 0 fully saturated rings. The Kier molecular flexibility index (Phi) is 4.87. The summed E-state index contributed by atoms with van der Waals surface area (Å²) in [5, 5.41) is 12.4. The Morgan fingerprint density at radius 3 is 2.65 bits per heavy atom. The number of aromatic hydroxyl groups is 1. The number of carbonyl (C=O) groups excluding carboxylic acids is 1. The molecule has 6 heteroatoms. The molecule has 2 N–H and O–H groups in total. The summed E-state index contributed by atoms with van der Waals surface area (Å²) in [5.41, 5.74) is 1.04. The van der Waals surface area contributed by atoms with Crippen molar-refractivity contribution < 1.29 is 14.6 Å². The number of benzene rings is 2. The Morgan fingerprint density at radius 2 is 2.05 bits per heavy atom. The molecule has 2 aromatic carbocycles. The van der Waals surface area contributed by atoms with Gasteiger partial charge in [0.15, 0.2) is 0 Å². The molecule has 2 aromatic rings. The Morgan fingerprint density at radius 1 is 1.30 bits per heavy atom. The predicted octanol–water partition coefficient (Wildman–Crippen LogP) is 4.02. The van der Waals surface area contributed by atoms with E-state index in [1.807, 2.05) is 22.6 Å². The van der Waals surface area contributed by atoms with Gasteiger partial charge < -0.3 is 15.2 Å². The van der Waals surface area contributed by atoms with Crippen molar-refractivity contribution in [1.29, 1.82) is 0 Å². The summed E-state index contributed by atoms with van der Waals surface area (Å²) in [6.07, 6.45) is 0. The molecule has 20 heavy (non-hydrogen) atoms. The number of phenols is 1. The molecule has 2 rings (SSSR count). The first-order valence-corrected chi connectivity index (χ1v) is 7.52. The van der Waals surface area contributed by atoms with Crippen LogP contribution in [-0.4, -0.2) is 18.1 Å². The second-order valence-corrected chi connectivity index (χ2v) is 5.99. The molecule has 4 nitrogen and oxygen atoms in total.